The zero-order valence-electron chi connectivity index (χ0n) is 56.2. The van der Waals surface area contributed by atoms with Crippen LogP contribution >= 0.6 is 15.6 Å². The van der Waals surface area contributed by atoms with E-state index in [0.29, 0.717) is 25.7 Å². The van der Waals surface area contributed by atoms with E-state index in [2.05, 4.69) is 34.6 Å². The molecule has 0 amide bonds. The molecule has 3 N–H and O–H groups in total. The lowest BCUT2D eigenvalue weighted by Gasteiger charge is -2.21. The van der Waals surface area contributed by atoms with Crippen molar-refractivity contribution in [1.82, 2.24) is 0 Å². The van der Waals surface area contributed by atoms with Gasteiger partial charge in [0, 0.05) is 25.7 Å². The van der Waals surface area contributed by atoms with Crippen LogP contribution in [0.1, 0.15) is 349 Å². The summed E-state index contributed by atoms with van der Waals surface area (Å²) >= 11 is 0. The molecule has 3 unspecified atom stereocenters. The van der Waals surface area contributed by atoms with Crippen LogP contribution in [-0.2, 0) is 65.4 Å². The van der Waals surface area contributed by atoms with E-state index in [1.165, 1.54) is 167 Å². The topological polar surface area (TPSA) is 237 Å². The van der Waals surface area contributed by atoms with Gasteiger partial charge in [-0.2, -0.15) is 0 Å². The van der Waals surface area contributed by atoms with E-state index < -0.39 is 97.5 Å². The third kappa shape index (κ3) is 61.3. The van der Waals surface area contributed by atoms with Crippen molar-refractivity contribution >= 4 is 39.5 Å². The van der Waals surface area contributed by atoms with Crippen LogP contribution in [0.4, 0.5) is 0 Å². The Bertz CT molecular complexity index is 1690. The molecule has 0 aromatic rings. The van der Waals surface area contributed by atoms with E-state index in [1.54, 1.807) is 0 Å². The number of carbonyl (C=O) groups excluding carboxylic acids is 4. The monoisotopic (exact) mass is 1280 g/mol. The van der Waals surface area contributed by atoms with Gasteiger partial charge >= 0.3 is 39.5 Å². The average Bonchev–Trinajstić information content (AvgIpc) is 3.55. The summed E-state index contributed by atoms with van der Waals surface area (Å²) in [4.78, 5) is 72.4. The van der Waals surface area contributed by atoms with Crippen molar-refractivity contribution in [2.24, 2.45) is 5.92 Å². The molecule has 0 spiro atoms. The molecule has 0 saturated carbocycles. The van der Waals surface area contributed by atoms with E-state index in [9.17, 15) is 43.2 Å². The zero-order valence-corrected chi connectivity index (χ0v) is 57.9. The number of aliphatic hydroxyl groups is 1. The lowest BCUT2D eigenvalue weighted by molar-refractivity contribution is -0.161. The van der Waals surface area contributed by atoms with Crippen LogP contribution in [0.25, 0.3) is 0 Å². The van der Waals surface area contributed by atoms with Crippen molar-refractivity contribution in [3.63, 3.8) is 0 Å². The lowest BCUT2D eigenvalue weighted by atomic mass is 10.00. The number of unbranched alkanes of at least 4 members (excludes halogenated alkanes) is 39. The summed E-state index contributed by atoms with van der Waals surface area (Å²) in [6.45, 7) is 7.16. The van der Waals surface area contributed by atoms with Crippen LogP contribution in [0.3, 0.4) is 0 Å². The fourth-order valence-corrected chi connectivity index (χ4v) is 11.8. The lowest BCUT2D eigenvalue weighted by Crippen LogP contribution is -2.30. The Morgan fingerprint density at radius 3 is 0.816 bits per heavy atom. The molecule has 0 fully saturated rings. The molecule has 0 saturated heterocycles. The van der Waals surface area contributed by atoms with Gasteiger partial charge in [0.25, 0.3) is 0 Å². The van der Waals surface area contributed by atoms with Crippen molar-refractivity contribution in [2.45, 2.75) is 368 Å². The summed E-state index contributed by atoms with van der Waals surface area (Å²) in [7, 11) is -9.89. The highest BCUT2D eigenvalue weighted by atomic mass is 31.2. The summed E-state index contributed by atoms with van der Waals surface area (Å²) in [6.07, 6.45) is 47.2. The van der Waals surface area contributed by atoms with Crippen molar-refractivity contribution in [1.29, 1.82) is 0 Å². The molecular weight excluding hydrogens is 1150 g/mol. The molecule has 87 heavy (non-hydrogen) atoms. The number of hydrogen-bond acceptors (Lipinski definition) is 15. The molecule has 0 aliphatic carbocycles. The van der Waals surface area contributed by atoms with Gasteiger partial charge < -0.3 is 33.8 Å². The number of esters is 4. The van der Waals surface area contributed by atoms with Crippen LogP contribution in [-0.4, -0.2) is 96.7 Å². The molecule has 0 rings (SSSR count). The molecule has 19 heteroatoms. The predicted molar refractivity (Wildman–Crippen MR) is 349 cm³/mol. The molecule has 0 bridgehead atoms. The molecule has 0 aromatic heterocycles. The van der Waals surface area contributed by atoms with Gasteiger partial charge in [-0.3, -0.25) is 37.3 Å². The third-order valence-electron chi connectivity index (χ3n) is 16.1. The largest absolute Gasteiger partial charge is 0.472 e. The predicted octanol–water partition coefficient (Wildman–Crippen LogP) is 19.4. The van der Waals surface area contributed by atoms with E-state index >= 15 is 0 Å². The maximum absolute atomic E-state index is 13.0. The van der Waals surface area contributed by atoms with Gasteiger partial charge in [-0.1, -0.05) is 298 Å². The molecule has 17 nitrogen and oxygen atoms in total. The molecule has 0 radical (unpaired) electrons. The highest BCUT2D eigenvalue weighted by Crippen LogP contribution is 2.45. The van der Waals surface area contributed by atoms with Gasteiger partial charge in [-0.25, -0.2) is 9.13 Å². The second-order valence-corrected chi connectivity index (χ2v) is 27.7. The fourth-order valence-electron chi connectivity index (χ4n) is 10.3. The summed E-state index contributed by atoms with van der Waals surface area (Å²) < 4.78 is 68.1. The number of carbonyl (C=O) groups is 4. The van der Waals surface area contributed by atoms with Gasteiger partial charge in [0.2, 0.25) is 0 Å². The van der Waals surface area contributed by atoms with E-state index in [4.69, 9.17) is 37.0 Å². The van der Waals surface area contributed by atoms with E-state index in [-0.39, 0.29) is 25.7 Å². The normalized spacial score (nSPS) is 14.4. The smallest absolute Gasteiger partial charge is 0.462 e. The van der Waals surface area contributed by atoms with E-state index in [1.807, 2.05) is 0 Å². The average molecular weight is 1280 g/mol. The minimum Gasteiger partial charge on any atom is -0.462 e. The first kappa shape index (κ1) is 85.1. The quantitative estimate of drug-likeness (QED) is 0.0222. The minimum atomic E-state index is -4.95. The van der Waals surface area contributed by atoms with Crippen molar-refractivity contribution in [3.8, 4) is 0 Å². The number of ether oxygens (including phenoxy) is 4. The van der Waals surface area contributed by atoms with Gasteiger partial charge in [0.05, 0.1) is 26.4 Å². The first-order valence-electron chi connectivity index (χ1n) is 35.7. The third-order valence-corrected chi connectivity index (χ3v) is 18.0. The van der Waals surface area contributed by atoms with Crippen LogP contribution in [0, 0.1) is 5.92 Å². The van der Waals surface area contributed by atoms with Crippen LogP contribution < -0.4 is 0 Å². The van der Waals surface area contributed by atoms with Crippen molar-refractivity contribution in [3.05, 3.63) is 0 Å². The highest BCUT2D eigenvalue weighted by Gasteiger charge is 2.30. The number of phosphoric acid groups is 2. The summed E-state index contributed by atoms with van der Waals surface area (Å²) in [5, 5.41) is 10.6. The number of hydrogen-bond donors (Lipinski definition) is 3. The Hall–Kier alpha value is -1.94. The Balaban J connectivity index is 5.22. The van der Waals surface area contributed by atoms with E-state index in [0.717, 1.165) is 102 Å². The van der Waals surface area contributed by atoms with Crippen LogP contribution in [0.5, 0.6) is 0 Å². The summed E-state index contributed by atoms with van der Waals surface area (Å²) in [6, 6.07) is 0. The SMILES string of the molecule is CCCCCCCCCCCCCCCCCC(=O)O[C@H](COC(=O)CCCCCCCCCCCCCCCC)COP(=O)(O)OC[C@@H](O)COP(=O)(O)OC[C@@H](COC(=O)CCCCCCCCCC)OC(=O)CCCCCCCCC(C)CC. The highest BCUT2D eigenvalue weighted by molar-refractivity contribution is 7.47. The standard InChI is InChI=1S/C68H132O17P2/c1-6-10-13-16-19-22-24-26-28-30-32-34-37-43-48-53-67(72)84-63(57-79-66(71)52-47-42-36-33-31-29-27-25-23-20-17-14-11-7-2)59-82-86(74,75)80-55-62(69)56-81-87(76,77)83-60-64(58-78-65(70)51-46-41-35-21-18-15-12-8-3)85-68(73)54-49-44-39-38-40-45-50-61(5)9-4/h61-64,69H,6-60H2,1-5H3,(H,74,75)(H,76,77)/t61?,62-,63-,64-/m1/s1. The second kappa shape index (κ2) is 61.6. The summed E-state index contributed by atoms with van der Waals surface area (Å²) in [5.74, 6) is -1.41. The Morgan fingerprint density at radius 1 is 0.322 bits per heavy atom. The second-order valence-electron chi connectivity index (χ2n) is 24.8. The molecule has 0 aromatic carbocycles. The molecule has 0 heterocycles. The molecule has 0 aliphatic heterocycles. The maximum atomic E-state index is 13.0. The number of aliphatic hydroxyl groups excluding tert-OH is 1. The van der Waals surface area contributed by atoms with Gasteiger partial charge in [0.1, 0.15) is 19.3 Å². The molecular formula is C68H132O17P2. The molecule has 6 atom stereocenters. The first-order valence-corrected chi connectivity index (χ1v) is 38.7. The first-order chi connectivity index (χ1) is 42.1. The van der Waals surface area contributed by atoms with Crippen LogP contribution in [0.15, 0.2) is 0 Å². The summed E-state index contributed by atoms with van der Waals surface area (Å²) in [5.41, 5.74) is 0. The van der Waals surface area contributed by atoms with Gasteiger partial charge in [-0.05, 0) is 31.6 Å². The van der Waals surface area contributed by atoms with Gasteiger partial charge in [-0.15, -0.1) is 0 Å². The number of rotatable bonds is 68. The Kier molecular flexibility index (Phi) is 60.2. The molecule has 516 valence electrons. The molecule has 0 aliphatic rings. The minimum absolute atomic E-state index is 0.103. The van der Waals surface area contributed by atoms with Crippen molar-refractivity contribution in [2.75, 3.05) is 39.6 Å². The Morgan fingerprint density at radius 2 is 0.552 bits per heavy atom. The van der Waals surface area contributed by atoms with Crippen molar-refractivity contribution < 1.29 is 80.2 Å². The fraction of sp³-hybridized carbons (Fsp3) is 0.941. The maximum Gasteiger partial charge on any atom is 0.472 e. The number of phosphoric ester groups is 2. The van der Waals surface area contributed by atoms with Crippen LogP contribution in [0.2, 0.25) is 0 Å². The zero-order chi connectivity index (χ0) is 64.2. The Labute approximate surface area is 530 Å². The van der Waals surface area contributed by atoms with Gasteiger partial charge in [0.15, 0.2) is 12.2 Å².